The van der Waals surface area contributed by atoms with Crippen LogP contribution in [0.25, 0.3) is 0 Å². The number of carbonyl (C=O) groups excluding carboxylic acids is 1. The van der Waals surface area contributed by atoms with Crippen LogP contribution in [0.5, 0.6) is 0 Å². The van der Waals surface area contributed by atoms with Gasteiger partial charge in [0, 0.05) is 19.3 Å². The zero-order valence-corrected chi connectivity index (χ0v) is 11.5. The lowest BCUT2D eigenvalue weighted by atomic mass is 10.2. The highest BCUT2D eigenvalue weighted by Crippen LogP contribution is 2.29. The Morgan fingerprint density at radius 3 is 2.78 bits per heavy atom. The van der Waals surface area contributed by atoms with Crippen LogP contribution in [-0.2, 0) is 4.79 Å². The zero-order chi connectivity index (χ0) is 13.9. The molecule has 18 heavy (non-hydrogen) atoms. The van der Waals surface area contributed by atoms with Gasteiger partial charge >= 0.3 is 12.0 Å². The standard InChI is InChI=1S/C11H17N3O3S/c1-7(4-12)5-13(3)11(17)14-8(2)18-6-9(14)10(15)16/h7-9H,5-6H2,1-3H3,(H,15,16). The van der Waals surface area contributed by atoms with E-state index in [1.807, 2.05) is 6.92 Å². The monoisotopic (exact) mass is 271 g/mol. The third-order valence-electron chi connectivity index (χ3n) is 2.82. The van der Waals surface area contributed by atoms with Gasteiger partial charge in [0.2, 0.25) is 0 Å². The molecule has 1 rings (SSSR count). The Labute approximate surface area is 111 Å². The summed E-state index contributed by atoms with van der Waals surface area (Å²) in [7, 11) is 1.59. The number of carboxylic acid groups (broad SMARTS) is 1. The molecular weight excluding hydrogens is 254 g/mol. The van der Waals surface area contributed by atoms with E-state index >= 15 is 0 Å². The summed E-state index contributed by atoms with van der Waals surface area (Å²) < 4.78 is 0. The smallest absolute Gasteiger partial charge is 0.327 e. The Bertz CT molecular complexity index is 382. The van der Waals surface area contributed by atoms with Crippen molar-refractivity contribution in [3.05, 3.63) is 0 Å². The zero-order valence-electron chi connectivity index (χ0n) is 10.7. The van der Waals surface area contributed by atoms with Crippen LogP contribution in [0.4, 0.5) is 4.79 Å². The maximum Gasteiger partial charge on any atom is 0.327 e. The first kappa shape index (κ1) is 14.6. The average Bonchev–Trinajstić information content (AvgIpc) is 2.69. The van der Waals surface area contributed by atoms with E-state index in [0.717, 1.165) is 0 Å². The van der Waals surface area contributed by atoms with Crippen molar-refractivity contribution < 1.29 is 14.7 Å². The molecule has 1 saturated heterocycles. The Morgan fingerprint density at radius 1 is 1.67 bits per heavy atom. The molecule has 0 aromatic carbocycles. The maximum atomic E-state index is 12.2. The first-order valence-electron chi connectivity index (χ1n) is 5.66. The molecule has 0 aliphatic carbocycles. The first-order valence-corrected chi connectivity index (χ1v) is 6.70. The van der Waals surface area contributed by atoms with Gasteiger partial charge in [0.05, 0.1) is 17.4 Å². The average molecular weight is 271 g/mol. The molecule has 3 atom stereocenters. The molecule has 0 bridgehead atoms. The van der Waals surface area contributed by atoms with E-state index in [-0.39, 0.29) is 17.3 Å². The molecule has 2 amide bonds. The molecule has 6 nitrogen and oxygen atoms in total. The van der Waals surface area contributed by atoms with Crippen molar-refractivity contribution in [1.29, 1.82) is 5.26 Å². The van der Waals surface area contributed by atoms with Crippen LogP contribution in [0, 0.1) is 17.2 Å². The molecule has 1 aliphatic rings. The summed E-state index contributed by atoms with van der Waals surface area (Å²) in [4.78, 5) is 26.1. The van der Waals surface area contributed by atoms with E-state index in [1.54, 1.807) is 14.0 Å². The van der Waals surface area contributed by atoms with E-state index in [9.17, 15) is 9.59 Å². The molecule has 1 heterocycles. The molecule has 0 saturated carbocycles. The fourth-order valence-corrected chi connectivity index (χ4v) is 3.01. The quantitative estimate of drug-likeness (QED) is 0.829. The number of hydrogen-bond donors (Lipinski definition) is 1. The summed E-state index contributed by atoms with van der Waals surface area (Å²) in [6.45, 7) is 3.84. The number of urea groups is 1. The van der Waals surface area contributed by atoms with Crippen LogP contribution in [0.2, 0.25) is 0 Å². The Morgan fingerprint density at radius 2 is 2.28 bits per heavy atom. The molecular formula is C11H17N3O3S. The van der Waals surface area contributed by atoms with Gasteiger partial charge in [-0.2, -0.15) is 5.26 Å². The van der Waals surface area contributed by atoms with Crippen molar-refractivity contribution in [1.82, 2.24) is 9.80 Å². The normalized spacial score (nSPS) is 24.4. The van der Waals surface area contributed by atoms with E-state index in [1.165, 1.54) is 21.6 Å². The number of amides is 2. The van der Waals surface area contributed by atoms with E-state index < -0.39 is 12.0 Å². The van der Waals surface area contributed by atoms with Crippen LogP contribution in [0.15, 0.2) is 0 Å². The van der Waals surface area contributed by atoms with Crippen molar-refractivity contribution in [2.24, 2.45) is 5.92 Å². The molecule has 0 aromatic rings. The SMILES string of the molecule is CC(C#N)CN(C)C(=O)N1C(C)SCC1C(=O)O. The lowest BCUT2D eigenvalue weighted by Gasteiger charge is -2.30. The van der Waals surface area contributed by atoms with Gasteiger partial charge in [0.25, 0.3) is 0 Å². The van der Waals surface area contributed by atoms with Gasteiger partial charge in [0.1, 0.15) is 6.04 Å². The molecule has 7 heteroatoms. The molecule has 0 spiro atoms. The Balaban J connectivity index is 2.75. The highest BCUT2D eigenvalue weighted by molar-refractivity contribution is 8.00. The third-order valence-corrected chi connectivity index (χ3v) is 4.04. The minimum atomic E-state index is -0.984. The summed E-state index contributed by atoms with van der Waals surface area (Å²) in [6, 6.07) is 0.941. The minimum absolute atomic E-state index is 0.154. The largest absolute Gasteiger partial charge is 0.480 e. The number of nitrogens with zero attached hydrogens (tertiary/aromatic N) is 3. The Hall–Kier alpha value is -1.42. The second-order valence-electron chi connectivity index (χ2n) is 4.39. The molecule has 1 fully saturated rings. The molecule has 100 valence electrons. The van der Waals surface area contributed by atoms with Crippen molar-refractivity contribution in [3.8, 4) is 6.07 Å². The van der Waals surface area contributed by atoms with Crippen molar-refractivity contribution >= 4 is 23.8 Å². The maximum absolute atomic E-state index is 12.2. The summed E-state index contributed by atoms with van der Waals surface area (Å²) in [5.74, 6) is -0.848. The molecule has 1 aliphatic heterocycles. The van der Waals surface area contributed by atoms with E-state index in [2.05, 4.69) is 6.07 Å². The van der Waals surface area contributed by atoms with Gasteiger partial charge in [-0.15, -0.1) is 11.8 Å². The van der Waals surface area contributed by atoms with Crippen LogP contribution < -0.4 is 0 Å². The van der Waals surface area contributed by atoms with Crippen molar-refractivity contribution in [2.75, 3.05) is 19.3 Å². The van der Waals surface area contributed by atoms with E-state index in [0.29, 0.717) is 12.3 Å². The molecule has 1 N–H and O–H groups in total. The van der Waals surface area contributed by atoms with Gasteiger partial charge in [-0.05, 0) is 13.8 Å². The predicted molar refractivity (Wildman–Crippen MR) is 68.0 cm³/mol. The van der Waals surface area contributed by atoms with Crippen LogP contribution in [-0.4, -0.2) is 57.7 Å². The number of nitriles is 1. The molecule has 0 aromatic heterocycles. The summed E-state index contributed by atoms with van der Waals surface area (Å²) in [5.41, 5.74) is 0. The lowest BCUT2D eigenvalue weighted by Crippen LogP contribution is -2.50. The van der Waals surface area contributed by atoms with Gasteiger partial charge in [-0.3, -0.25) is 4.90 Å². The van der Waals surface area contributed by atoms with E-state index in [4.69, 9.17) is 10.4 Å². The molecule has 0 radical (unpaired) electrons. The number of thioether (sulfide) groups is 1. The number of hydrogen-bond acceptors (Lipinski definition) is 4. The summed E-state index contributed by atoms with van der Waals surface area (Å²) >= 11 is 1.44. The van der Waals surface area contributed by atoms with Crippen LogP contribution >= 0.6 is 11.8 Å². The number of carboxylic acids is 1. The van der Waals surface area contributed by atoms with Gasteiger partial charge in [0.15, 0.2) is 0 Å². The van der Waals surface area contributed by atoms with Gasteiger partial charge in [-0.1, -0.05) is 0 Å². The second-order valence-corrected chi connectivity index (χ2v) is 5.74. The van der Waals surface area contributed by atoms with Crippen LogP contribution in [0.1, 0.15) is 13.8 Å². The second kappa shape index (κ2) is 5.96. The number of carbonyl (C=O) groups is 2. The highest BCUT2D eigenvalue weighted by Gasteiger charge is 2.40. The number of rotatable bonds is 3. The first-order chi connectivity index (χ1) is 8.38. The fraction of sp³-hybridized carbons (Fsp3) is 0.727. The van der Waals surface area contributed by atoms with Crippen LogP contribution in [0.3, 0.4) is 0 Å². The third kappa shape index (κ3) is 3.07. The van der Waals surface area contributed by atoms with Gasteiger partial charge in [-0.25, -0.2) is 9.59 Å². The topological polar surface area (TPSA) is 84.6 Å². The van der Waals surface area contributed by atoms with Crippen molar-refractivity contribution in [2.45, 2.75) is 25.3 Å². The predicted octanol–water partition coefficient (Wildman–Crippen LogP) is 1.05. The van der Waals surface area contributed by atoms with Crippen molar-refractivity contribution in [3.63, 3.8) is 0 Å². The summed E-state index contributed by atoms with van der Waals surface area (Å²) in [6.07, 6.45) is 0. The van der Waals surface area contributed by atoms with Gasteiger partial charge < -0.3 is 10.0 Å². The summed E-state index contributed by atoms with van der Waals surface area (Å²) in [5, 5.41) is 17.7. The fourth-order valence-electron chi connectivity index (χ4n) is 1.85. The minimum Gasteiger partial charge on any atom is -0.480 e. The molecule has 3 unspecified atom stereocenters. The number of aliphatic carboxylic acids is 1. The highest BCUT2D eigenvalue weighted by atomic mass is 32.2. The lowest BCUT2D eigenvalue weighted by molar-refractivity contribution is -0.141. The Kier molecular flexibility index (Phi) is 4.84.